The molecule has 2 amide bonds. The topological polar surface area (TPSA) is 78.5 Å². The van der Waals surface area contributed by atoms with Crippen molar-refractivity contribution < 1.29 is 13.2 Å². The Hall–Kier alpha value is -1.60. The molecule has 7 heteroatoms. The van der Waals surface area contributed by atoms with Crippen molar-refractivity contribution in [2.24, 2.45) is 0 Å². The third-order valence-electron chi connectivity index (χ3n) is 4.10. The molecule has 1 aromatic carbocycles. The standard InChI is InChI=1S/C16H25N3O3S/c1-11-8-12(2)15(13(3)9-11)18-16(20)17-14-6-5-7-19(10-14)23(4,21)22/h8-9,14H,5-7,10H2,1-4H3,(H2,17,18,20)/t14-/m1/s1. The first-order valence-corrected chi connectivity index (χ1v) is 9.62. The molecule has 1 aliphatic heterocycles. The van der Waals surface area contributed by atoms with E-state index in [1.807, 2.05) is 32.9 Å². The average molecular weight is 339 g/mol. The van der Waals surface area contributed by atoms with Gasteiger partial charge in [0.15, 0.2) is 0 Å². The first-order chi connectivity index (χ1) is 10.7. The Morgan fingerprint density at radius 3 is 2.39 bits per heavy atom. The van der Waals surface area contributed by atoms with Gasteiger partial charge in [-0.05, 0) is 44.7 Å². The van der Waals surface area contributed by atoms with Crippen LogP contribution in [0.5, 0.6) is 0 Å². The van der Waals surface area contributed by atoms with Crippen molar-refractivity contribution in [3.8, 4) is 0 Å². The number of nitrogens with zero attached hydrogens (tertiary/aromatic N) is 1. The van der Waals surface area contributed by atoms with Gasteiger partial charge in [0, 0.05) is 24.8 Å². The van der Waals surface area contributed by atoms with Crippen LogP contribution in [0.15, 0.2) is 12.1 Å². The lowest BCUT2D eigenvalue weighted by Gasteiger charge is -2.31. The van der Waals surface area contributed by atoms with E-state index >= 15 is 0 Å². The number of carbonyl (C=O) groups is 1. The molecule has 0 spiro atoms. The minimum atomic E-state index is -3.21. The Kier molecular flexibility index (Phi) is 5.31. The van der Waals surface area contributed by atoms with Crippen molar-refractivity contribution in [3.05, 3.63) is 28.8 Å². The number of sulfonamides is 1. The molecule has 0 bridgehead atoms. The highest BCUT2D eigenvalue weighted by atomic mass is 32.2. The van der Waals surface area contributed by atoms with Gasteiger partial charge in [-0.25, -0.2) is 17.5 Å². The Balaban J connectivity index is 2.00. The highest BCUT2D eigenvalue weighted by Crippen LogP contribution is 2.22. The van der Waals surface area contributed by atoms with E-state index in [1.165, 1.54) is 10.6 Å². The number of rotatable bonds is 3. The maximum Gasteiger partial charge on any atom is 0.319 e. The summed E-state index contributed by atoms with van der Waals surface area (Å²) in [5, 5.41) is 5.77. The highest BCUT2D eigenvalue weighted by molar-refractivity contribution is 7.88. The molecule has 1 fully saturated rings. The van der Waals surface area contributed by atoms with Crippen LogP contribution in [0.2, 0.25) is 0 Å². The van der Waals surface area contributed by atoms with Gasteiger partial charge in [0.2, 0.25) is 10.0 Å². The Morgan fingerprint density at radius 2 is 1.83 bits per heavy atom. The van der Waals surface area contributed by atoms with Crippen LogP contribution in [0.25, 0.3) is 0 Å². The van der Waals surface area contributed by atoms with Crippen molar-refractivity contribution in [1.29, 1.82) is 0 Å². The van der Waals surface area contributed by atoms with Crippen molar-refractivity contribution >= 4 is 21.7 Å². The lowest BCUT2D eigenvalue weighted by Crippen LogP contribution is -2.50. The number of piperidine rings is 1. The zero-order valence-corrected chi connectivity index (χ0v) is 15.0. The van der Waals surface area contributed by atoms with Crippen molar-refractivity contribution in [3.63, 3.8) is 0 Å². The number of hydrogen-bond donors (Lipinski definition) is 2. The van der Waals surface area contributed by atoms with E-state index in [0.717, 1.165) is 35.2 Å². The largest absolute Gasteiger partial charge is 0.334 e. The van der Waals surface area contributed by atoms with E-state index in [1.54, 1.807) is 0 Å². The fraction of sp³-hybridized carbons (Fsp3) is 0.562. The number of hydrogen-bond acceptors (Lipinski definition) is 3. The minimum Gasteiger partial charge on any atom is -0.334 e. The quantitative estimate of drug-likeness (QED) is 0.886. The smallest absolute Gasteiger partial charge is 0.319 e. The van der Waals surface area contributed by atoms with Gasteiger partial charge in [-0.2, -0.15) is 0 Å². The number of urea groups is 1. The molecule has 2 rings (SSSR count). The van der Waals surface area contributed by atoms with Crippen molar-refractivity contribution in [2.45, 2.75) is 39.7 Å². The zero-order chi connectivity index (χ0) is 17.2. The van der Waals surface area contributed by atoms with Gasteiger partial charge >= 0.3 is 6.03 Å². The lowest BCUT2D eigenvalue weighted by atomic mass is 10.1. The molecule has 6 nitrogen and oxygen atoms in total. The molecule has 1 atom stereocenters. The van der Waals surface area contributed by atoms with Gasteiger partial charge in [-0.15, -0.1) is 0 Å². The van der Waals surface area contributed by atoms with Gasteiger partial charge in [0.05, 0.1) is 6.26 Å². The molecule has 0 radical (unpaired) electrons. The van der Waals surface area contributed by atoms with Crippen LogP contribution in [0.1, 0.15) is 29.5 Å². The summed E-state index contributed by atoms with van der Waals surface area (Å²) in [6.45, 7) is 6.79. The number of nitrogens with one attached hydrogen (secondary N) is 2. The first-order valence-electron chi connectivity index (χ1n) is 7.77. The molecular formula is C16H25N3O3S. The van der Waals surface area contributed by atoms with E-state index in [-0.39, 0.29) is 12.1 Å². The maximum atomic E-state index is 12.2. The molecule has 1 aliphatic rings. The molecule has 0 aromatic heterocycles. The second-order valence-corrected chi connectivity index (χ2v) is 8.31. The molecule has 1 aromatic rings. The van der Waals surface area contributed by atoms with E-state index in [4.69, 9.17) is 0 Å². The van der Waals surface area contributed by atoms with Crippen LogP contribution in [0, 0.1) is 20.8 Å². The Labute approximate surface area is 138 Å². The number of amides is 2. The molecule has 128 valence electrons. The van der Waals surface area contributed by atoms with Gasteiger partial charge in [0.25, 0.3) is 0 Å². The first kappa shape index (κ1) is 17.7. The predicted molar refractivity (Wildman–Crippen MR) is 92.2 cm³/mol. The summed E-state index contributed by atoms with van der Waals surface area (Å²) in [6.07, 6.45) is 2.74. The van der Waals surface area contributed by atoms with Crippen LogP contribution >= 0.6 is 0 Å². The second kappa shape index (κ2) is 6.88. The summed E-state index contributed by atoms with van der Waals surface area (Å²) in [5.74, 6) is 0. The molecule has 0 saturated carbocycles. The minimum absolute atomic E-state index is 0.162. The van der Waals surface area contributed by atoms with Gasteiger partial charge in [-0.3, -0.25) is 0 Å². The Morgan fingerprint density at radius 1 is 1.22 bits per heavy atom. The van der Waals surface area contributed by atoms with Crippen molar-refractivity contribution in [2.75, 3.05) is 24.7 Å². The summed E-state index contributed by atoms with van der Waals surface area (Å²) in [7, 11) is -3.21. The molecule has 23 heavy (non-hydrogen) atoms. The van der Waals surface area contributed by atoms with E-state index in [9.17, 15) is 13.2 Å². The second-order valence-electron chi connectivity index (χ2n) is 6.33. The lowest BCUT2D eigenvalue weighted by molar-refractivity contribution is 0.236. The molecule has 1 heterocycles. The predicted octanol–water partition coefficient (Wildman–Crippen LogP) is 2.16. The van der Waals surface area contributed by atoms with Crippen LogP contribution in [0.3, 0.4) is 0 Å². The van der Waals surface area contributed by atoms with Crippen molar-refractivity contribution in [1.82, 2.24) is 9.62 Å². The van der Waals surface area contributed by atoms with Gasteiger partial charge in [-0.1, -0.05) is 17.7 Å². The summed E-state index contributed by atoms with van der Waals surface area (Å²) in [6, 6.07) is 3.59. The van der Waals surface area contributed by atoms with Gasteiger partial charge < -0.3 is 10.6 Å². The number of anilines is 1. The molecule has 2 N–H and O–H groups in total. The average Bonchev–Trinajstić information content (AvgIpc) is 2.42. The summed E-state index contributed by atoms with van der Waals surface area (Å²) in [5.41, 5.74) is 3.99. The third kappa shape index (κ3) is 4.68. The fourth-order valence-electron chi connectivity index (χ4n) is 3.07. The monoisotopic (exact) mass is 339 g/mol. The van der Waals surface area contributed by atoms with E-state index in [0.29, 0.717) is 13.1 Å². The van der Waals surface area contributed by atoms with Gasteiger partial charge in [0.1, 0.15) is 0 Å². The van der Waals surface area contributed by atoms with Crippen LogP contribution in [0.4, 0.5) is 10.5 Å². The summed E-state index contributed by atoms with van der Waals surface area (Å²) in [4.78, 5) is 12.2. The Bertz CT molecular complexity index is 678. The third-order valence-corrected chi connectivity index (χ3v) is 5.37. The number of aryl methyl sites for hydroxylation is 3. The van der Waals surface area contributed by atoms with E-state index in [2.05, 4.69) is 10.6 Å². The highest BCUT2D eigenvalue weighted by Gasteiger charge is 2.26. The van der Waals surface area contributed by atoms with Crippen LogP contribution in [-0.2, 0) is 10.0 Å². The molecule has 1 saturated heterocycles. The van der Waals surface area contributed by atoms with E-state index < -0.39 is 10.0 Å². The fourth-order valence-corrected chi connectivity index (χ4v) is 3.99. The number of benzene rings is 1. The molecule has 0 aliphatic carbocycles. The zero-order valence-electron chi connectivity index (χ0n) is 14.1. The maximum absolute atomic E-state index is 12.2. The summed E-state index contributed by atoms with van der Waals surface area (Å²) >= 11 is 0. The molecule has 0 unspecified atom stereocenters. The molecular weight excluding hydrogens is 314 g/mol. The SMILES string of the molecule is Cc1cc(C)c(NC(=O)N[C@@H]2CCCN(S(C)(=O)=O)C2)c(C)c1. The summed E-state index contributed by atoms with van der Waals surface area (Å²) < 4.78 is 24.7. The normalized spacial score (nSPS) is 19.4. The van der Waals surface area contributed by atoms with Crippen LogP contribution in [-0.4, -0.2) is 44.1 Å². The number of carbonyl (C=O) groups excluding carboxylic acids is 1. The van der Waals surface area contributed by atoms with Crippen LogP contribution < -0.4 is 10.6 Å².